The van der Waals surface area contributed by atoms with Crippen molar-refractivity contribution >= 4 is 28.9 Å². The van der Waals surface area contributed by atoms with Crippen molar-refractivity contribution in [3.05, 3.63) is 28.8 Å². The Morgan fingerprint density at radius 3 is 2.59 bits per heavy atom. The summed E-state index contributed by atoms with van der Waals surface area (Å²) >= 11 is 5.77. The fourth-order valence-electron chi connectivity index (χ4n) is 1.67. The zero-order valence-corrected chi connectivity index (χ0v) is 9.06. The van der Waals surface area contributed by atoms with E-state index in [1.54, 1.807) is 0 Å². The smallest absolute Gasteiger partial charge is 0.312 e. The van der Waals surface area contributed by atoms with Crippen LogP contribution in [-0.2, 0) is 0 Å². The number of nitrogens with zero attached hydrogens (tertiary/aromatic N) is 1. The second kappa shape index (κ2) is 3.73. The van der Waals surface area contributed by atoms with Crippen LogP contribution in [0.5, 0.6) is 0 Å². The standard InChI is InChI=1S/C10H6ClF3N2O/c11-6-3-1-2-5-7(6)16(4-10(12,13)14)9(15)8(5)17/h1-3,15H,4H2. The second-order valence-electron chi connectivity index (χ2n) is 3.52. The summed E-state index contributed by atoms with van der Waals surface area (Å²) in [6.45, 7) is -1.39. The van der Waals surface area contributed by atoms with Crippen molar-refractivity contribution in [1.29, 1.82) is 5.41 Å². The summed E-state index contributed by atoms with van der Waals surface area (Å²) in [6, 6.07) is 4.20. The van der Waals surface area contributed by atoms with Crippen molar-refractivity contribution in [2.24, 2.45) is 0 Å². The zero-order chi connectivity index (χ0) is 12.8. The molecule has 0 unspecified atom stereocenters. The van der Waals surface area contributed by atoms with Gasteiger partial charge < -0.3 is 4.90 Å². The van der Waals surface area contributed by atoms with Gasteiger partial charge >= 0.3 is 6.18 Å². The van der Waals surface area contributed by atoms with E-state index in [1.807, 2.05) is 0 Å². The molecule has 1 N–H and O–H groups in total. The molecule has 2 rings (SSSR count). The molecule has 0 atom stereocenters. The lowest BCUT2D eigenvalue weighted by molar-refractivity contribution is -0.117. The molecule has 1 aliphatic heterocycles. The van der Waals surface area contributed by atoms with Crippen LogP contribution in [0.15, 0.2) is 18.2 Å². The summed E-state index contributed by atoms with van der Waals surface area (Å²) < 4.78 is 37.0. The van der Waals surface area contributed by atoms with Gasteiger partial charge in [0, 0.05) is 0 Å². The Bertz CT molecular complexity index is 513. The number of amidine groups is 1. The molecule has 0 fully saturated rings. The van der Waals surface area contributed by atoms with E-state index < -0.39 is 24.3 Å². The minimum Gasteiger partial charge on any atom is -0.312 e. The first-order valence-electron chi connectivity index (χ1n) is 4.57. The van der Waals surface area contributed by atoms with E-state index in [9.17, 15) is 18.0 Å². The van der Waals surface area contributed by atoms with Gasteiger partial charge in [0.1, 0.15) is 6.54 Å². The highest BCUT2D eigenvalue weighted by Gasteiger charge is 2.41. The number of fused-ring (bicyclic) bond motifs is 1. The summed E-state index contributed by atoms with van der Waals surface area (Å²) in [5, 5.41) is 7.42. The van der Waals surface area contributed by atoms with Crippen molar-refractivity contribution in [3.63, 3.8) is 0 Å². The maximum Gasteiger partial charge on any atom is 0.406 e. The van der Waals surface area contributed by atoms with Gasteiger partial charge in [-0.05, 0) is 12.1 Å². The summed E-state index contributed by atoms with van der Waals surface area (Å²) in [4.78, 5) is 12.1. The van der Waals surface area contributed by atoms with Crippen LogP contribution >= 0.6 is 11.6 Å². The van der Waals surface area contributed by atoms with Crippen LogP contribution in [0.3, 0.4) is 0 Å². The molecular weight excluding hydrogens is 257 g/mol. The lowest BCUT2D eigenvalue weighted by Gasteiger charge is -2.20. The molecule has 0 aliphatic carbocycles. The molecule has 1 heterocycles. The molecule has 0 saturated carbocycles. The number of Topliss-reactive ketones (excluding diaryl/α,β-unsaturated/α-hetero) is 1. The molecule has 3 nitrogen and oxygen atoms in total. The maximum atomic E-state index is 12.3. The Balaban J connectivity index is 2.51. The highest BCUT2D eigenvalue weighted by molar-refractivity contribution is 6.55. The van der Waals surface area contributed by atoms with Gasteiger partial charge in [0.05, 0.1) is 16.3 Å². The van der Waals surface area contributed by atoms with Crippen LogP contribution in [0, 0.1) is 5.41 Å². The molecule has 17 heavy (non-hydrogen) atoms. The number of benzene rings is 1. The van der Waals surface area contributed by atoms with Crippen LogP contribution in [0.25, 0.3) is 0 Å². The molecule has 0 aromatic heterocycles. The van der Waals surface area contributed by atoms with Crippen molar-refractivity contribution in [2.45, 2.75) is 6.18 Å². The van der Waals surface area contributed by atoms with Gasteiger partial charge in [-0.1, -0.05) is 17.7 Å². The van der Waals surface area contributed by atoms with Gasteiger partial charge in [0.15, 0.2) is 5.84 Å². The average Bonchev–Trinajstić information content (AvgIpc) is 2.43. The third kappa shape index (κ3) is 2.00. The molecule has 7 heteroatoms. The number of alkyl halides is 3. The van der Waals surface area contributed by atoms with Gasteiger partial charge in [0.25, 0.3) is 0 Å². The number of carbonyl (C=O) groups is 1. The SMILES string of the molecule is N=C1C(=O)c2cccc(Cl)c2N1CC(F)(F)F. The normalized spacial score (nSPS) is 15.4. The Kier molecular flexibility index (Phi) is 2.61. The van der Waals surface area contributed by atoms with Crippen molar-refractivity contribution in [1.82, 2.24) is 0 Å². The number of anilines is 1. The lowest BCUT2D eigenvalue weighted by atomic mass is 10.1. The van der Waals surface area contributed by atoms with Crippen molar-refractivity contribution < 1.29 is 18.0 Å². The molecule has 1 aromatic rings. The first kappa shape index (κ1) is 11.9. The molecule has 90 valence electrons. The van der Waals surface area contributed by atoms with Crippen LogP contribution in [0.2, 0.25) is 5.02 Å². The van der Waals surface area contributed by atoms with E-state index in [4.69, 9.17) is 17.0 Å². The molecule has 0 spiro atoms. The fraction of sp³-hybridized carbons (Fsp3) is 0.200. The largest absolute Gasteiger partial charge is 0.406 e. The van der Waals surface area contributed by atoms with Crippen molar-refractivity contribution in [3.8, 4) is 0 Å². The number of halogens is 4. The molecule has 1 aromatic carbocycles. The van der Waals surface area contributed by atoms with Crippen LogP contribution in [-0.4, -0.2) is 24.3 Å². The molecule has 0 bridgehead atoms. The molecular formula is C10H6ClF3N2O. The molecule has 1 aliphatic rings. The predicted octanol–water partition coefficient (Wildman–Crippen LogP) is 2.88. The summed E-state index contributed by atoms with van der Waals surface area (Å²) in [5.74, 6) is -1.45. The Labute approximate surface area is 99.3 Å². The van der Waals surface area contributed by atoms with E-state index in [2.05, 4.69) is 0 Å². The molecule has 0 radical (unpaired) electrons. The molecule has 0 saturated heterocycles. The highest BCUT2D eigenvalue weighted by atomic mass is 35.5. The number of para-hydroxylation sites is 1. The third-order valence-corrected chi connectivity index (χ3v) is 2.63. The minimum absolute atomic E-state index is 0.0300. The van der Waals surface area contributed by atoms with Gasteiger partial charge in [0.2, 0.25) is 5.78 Å². The average molecular weight is 263 g/mol. The van der Waals surface area contributed by atoms with E-state index in [0.29, 0.717) is 4.90 Å². The van der Waals surface area contributed by atoms with Gasteiger partial charge in [-0.3, -0.25) is 10.2 Å². The number of hydrogen-bond donors (Lipinski definition) is 1. The van der Waals surface area contributed by atoms with E-state index in [-0.39, 0.29) is 16.3 Å². The van der Waals surface area contributed by atoms with Crippen LogP contribution in [0.1, 0.15) is 10.4 Å². The second-order valence-corrected chi connectivity index (χ2v) is 3.92. The Morgan fingerprint density at radius 1 is 1.35 bits per heavy atom. The van der Waals surface area contributed by atoms with Crippen LogP contribution in [0.4, 0.5) is 18.9 Å². The molecule has 0 amide bonds. The first-order valence-corrected chi connectivity index (χ1v) is 4.95. The lowest BCUT2D eigenvalue weighted by Crippen LogP contribution is -2.37. The van der Waals surface area contributed by atoms with Crippen molar-refractivity contribution in [2.75, 3.05) is 11.4 Å². The Morgan fingerprint density at radius 2 is 2.00 bits per heavy atom. The number of rotatable bonds is 1. The van der Waals surface area contributed by atoms with E-state index in [1.165, 1.54) is 18.2 Å². The minimum atomic E-state index is -4.51. The summed E-state index contributed by atoms with van der Waals surface area (Å²) in [7, 11) is 0. The quantitative estimate of drug-likeness (QED) is 0.846. The van der Waals surface area contributed by atoms with E-state index in [0.717, 1.165) is 0 Å². The number of nitrogens with one attached hydrogen (secondary N) is 1. The van der Waals surface area contributed by atoms with E-state index >= 15 is 0 Å². The van der Waals surface area contributed by atoms with Gasteiger partial charge in [-0.25, -0.2) is 0 Å². The Hall–Kier alpha value is -1.56. The fourth-order valence-corrected chi connectivity index (χ4v) is 1.95. The number of carbonyl (C=O) groups excluding carboxylic acids is 1. The monoisotopic (exact) mass is 262 g/mol. The summed E-state index contributed by atoms with van der Waals surface area (Å²) in [5.41, 5.74) is -0.00626. The maximum absolute atomic E-state index is 12.3. The number of hydrogen-bond acceptors (Lipinski definition) is 2. The van der Waals surface area contributed by atoms with Crippen LogP contribution < -0.4 is 4.90 Å². The number of ketones is 1. The topological polar surface area (TPSA) is 44.2 Å². The van der Waals surface area contributed by atoms with Gasteiger partial charge in [-0.15, -0.1) is 0 Å². The zero-order valence-electron chi connectivity index (χ0n) is 8.31. The summed E-state index contributed by atoms with van der Waals surface area (Å²) in [6.07, 6.45) is -4.51. The third-order valence-electron chi connectivity index (χ3n) is 2.32. The predicted molar refractivity (Wildman–Crippen MR) is 56.9 cm³/mol. The van der Waals surface area contributed by atoms with Gasteiger partial charge in [-0.2, -0.15) is 13.2 Å². The first-order chi connectivity index (χ1) is 7.81. The highest BCUT2D eigenvalue weighted by Crippen LogP contribution is 2.37.